The molecule has 2 heterocycles. The van der Waals surface area contributed by atoms with E-state index in [1.54, 1.807) is 0 Å². The largest absolute Gasteiger partial charge is 0.481 e. The van der Waals surface area contributed by atoms with Gasteiger partial charge in [-0.05, 0) is 43.0 Å². The van der Waals surface area contributed by atoms with Crippen LogP contribution in [0.5, 0.6) is 11.5 Å². The molecule has 4 heteroatoms. The monoisotopic (exact) mass is 380 g/mol. The normalized spacial score (nSPS) is 24.3. The first kappa shape index (κ1) is 19.3. The van der Waals surface area contributed by atoms with E-state index in [4.69, 9.17) is 9.47 Å². The van der Waals surface area contributed by atoms with Crippen molar-refractivity contribution in [2.45, 2.75) is 51.4 Å². The molecule has 1 fully saturated rings. The van der Waals surface area contributed by atoms with Crippen LogP contribution in [-0.2, 0) is 0 Å². The number of rotatable bonds is 4. The molecule has 0 bridgehead atoms. The van der Waals surface area contributed by atoms with Crippen LogP contribution in [0, 0.1) is 0 Å². The first-order valence-electron chi connectivity index (χ1n) is 10.4. The minimum atomic E-state index is -0.357. The zero-order valence-corrected chi connectivity index (χ0v) is 17.4. The average molecular weight is 381 g/mol. The predicted octanol–water partition coefficient (Wildman–Crippen LogP) is 4.37. The summed E-state index contributed by atoms with van der Waals surface area (Å²) >= 11 is 0. The third-order valence-corrected chi connectivity index (χ3v) is 5.94. The topological polar surface area (TPSA) is 33.7 Å². The Morgan fingerprint density at radius 3 is 2.57 bits per heavy atom. The quantitative estimate of drug-likeness (QED) is 0.854. The Kier molecular flexibility index (Phi) is 5.35. The van der Waals surface area contributed by atoms with Crippen molar-refractivity contribution in [2.24, 2.45) is 0 Å². The van der Waals surface area contributed by atoms with E-state index in [2.05, 4.69) is 62.2 Å². The van der Waals surface area contributed by atoms with Gasteiger partial charge in [-0.15, -0.1) is 0 Å². The van der Waals surface area contributed by atoms with E-state index in [1.807, 2.05) is 24.3 Å². The summed E-state index contributed by atoms with van der Waals surface area (Å²) in [5, 5.41) is 3.72. The van der Waals surface area contributed by atoms with Crippen molar-refractivity contribution in [3.63, 3.8) is 0 Å². The van der Waals surface area contributed by atoms with Gasteiger partial charge in [0.05, 0.1) is 0 Å². The summed E-state index contributed by atoms with van der Waals surface area (Å²) < 4.78 is 12.6. The van der Waals surface area contributed by atoms with Gasteiger partial charge in [0, 0.05) is 32.2 Å². The van der Waals surface area contributed by atoms with Gasteiger partial charge in [0.1, 0.15) is 5.60 Å². The summed E-state index contributed by atoms with van der Waals surface area (Å²) in [6, 6.07) is 17.2. The lowest BCUT2D eigenvalue weighted by Crippen LogP contribution is -2.56. The molecular formula is C24H32N2O2. The lowest BCUT2D eigenvalue weighted by Gasteiger charge is -2.43. The Morgan fingerprint density at radius 2 is 1.79 bits per heavy atom. The van der Waals surface area contributed by atoms with Crippen LogP contribution in [0.1, 0.15) is 50.8 Å². The number of hydrogen-bond acceptors (Lipinski definition) is 4. The van der Waals surface area contributed by atoms with Crippen LogP contribution < -0.4 is 14.8 Å². The second-order valence-corrected chi connectivity index (χ2v) is 8.81. The van der Waals surface area contributed by atoms with Crippen LogP contribution in [0.4, 0.5) is 0 Å². The second-order valence-electron chi connectivity index (χ2n) is 8.81. The molecule has 1 N–H and O–H groups in total. The highest BCUT2D eigenvalue weighted by Gasteiger charge is 2.40. The van der Waals surface area contributed by atoms with E-state index in [-0.39, 0.29) is 11.7 Å². The number of para-hydroxylation sites is 2. The molecular weight excluding hydrogens is 348 g/mol. The molecule has 1 unspecified atom stereocenters. The van der Waals surface area contributed by atoms with Crippen LogP contribution in [0.25, 0.3) is 0 Å². The van der Waals surface area contributed by atoms with Gasteiger partial charge in [0.2, 0.25) is 0 Å². The molecule has 2 aromatic carbocycles. The summed E-state index contributed by atoms with van der Waals surface area (Å²) in [6.07, 6.45) is 0.00138. The molecule has 2 aromatic rings. The van der Waals surface area contributed by atoms with Crippen LogP contribution in [0.2, 0.25) is 0 Å². The third kappa shape index (κ3) is 3.89. The maximum Gasteiger partial charge on any atom is 0.162 e. The van der Waals surface area contributed by atoms with Crippen molar-refractivity contribution < 1.29 is 9.47 Å². The molecule has 0 aromatic heterocycles. The molecule has 2 atom stereocenters. The maximum atomic E-state index is 6.37. The average Bonchev–Trinajstić information content (AvgIpc) is 2.68. The van der Waals surface area contributed by atoms with E-state index in [0.717, 1.165) is 37.7 Å². The van der Waals surface area contributed by atoms with Gasteiger partial charge in [-0.3, -0.25) is 4.90 Å². The van der Waals surface area contributed by atoms with Crippen LogP contribution >= 0.6 is 0 Å². The third-order valence-electron chi connectivity index (χ3n) is 5.94. The Hall–Kier alpha value is -2.04. The van der Waals surface area contributed by atoms with Crippen molar-refractivity contribution >= 4 is 0 Å². The fourth-order valence-electron chi connectivity index (χ4n) is 4.31. The molecule has 0 spiro atoms. The smallest absolute Gasteiger partial charge is 0.162 e. The summed E-state index contributed by atoms with van der Waals surface area (Å²) in [4.78, 5) is 2.52. The molecule has 2 aliphatic rings. The first-order valence-corrected chi connectivity index (χ1v) is 10.4. The minimum Gasteiger partial charge on any atom is -0.481 e. The Labute approximate surface area is 168 Å². The molecule has 1 saturated heterocycles. The molecule has 150 valence electrons. The lowest BCUT2D eigenvalue weighted by atomic mass is 9.91. The van der Waals surface area contributed by atoms with Crippen LogP contribution in [0.15, 0.2) is 48.5 Å². The highest BCUT2D eigenvalue weighted by molar-refractivity contribution is 5.42. The van der Waals surface area contributed by atoms with Crippen molar-refractivity contribution in [1.82, 2.24) is 10.2 Å². The summed E-state index contributed by atoms with van der Waals surface area (Å²) in [6.45, 7) is 12.7. The van der Waals surface area contributed by atoms with Crippen molar-refractivity contribution in [2.75, 3.05) is 26.2 Å². The number of nitrogens with one attached hydrogen (secondary N) is 1. The zero-order chi connectivity index (χ0) is 19.7. The van der Waals surface area contributed by atoms with E-state index < -0.39 is 0 Å². The van der Waals surface area contributed by atoms with Crippen molar-refractivity contribution in [1.29, 1.82) is 0 Å². The fourth-order valence-corrected chi connectivity index (χ4v) is 4.31. The molecule has 4 rings (SSSR count). The summed E-state index contributed by atoms with van der Waals surface area (Å²) in [7, 11) is 0. The minimum absolute atomic E-state index is 0.00138. The van der Waals surface area contributed by atoms with Crippen LogP contribution in [-0.4, -0.2) is 42.8 Å². The molecule has 28 heavy (non-hydrogen) atoms. The number of hydrogen-bond donors (Lipinski definition) is 1. The van der Waals surface area contributed by atoms with Gasteiger partial charge in [-0.2, -0.15) is 0 Å². The number of benzene rings is 2. The molecule has 2 aliphatic heterocycles. The Morgan fingerprint density at radius 1 is 1.07 bits per heavy atom. The molecule has 0 radical (unpaired) electrons. The van der Waals surface area contributed by atoms with Crippen LogP contribution in [0.3, 0.4) is 0 Å². The van der Waals surface area contributed by atoms with E-state index in [0.29, 0.717) is 12.0 Å². The van der Waals surface area contributed by atoms with Gasteiger partial charge in [0.15, 0.2) is 17.6 Å². The molecule has 0 aliphatic carbocycles. The van der Waals surface area contributed by atoms with E-state index in [9.17, 15) is 0 Å². The predicted molar refractivity (Wildman–Crippen MR) is 113 cm³/mol. The highest BCUT2D eigenvalue weighted by Crippen LogP contribution is 2.38. The van der Waals surface area contributed by atoms with Crippen molar-refractivity contribution in [3.8, 4) is 11.5 Å². The first-order chi connectivity index (χ1) is 13.4. The SMILES string of the molecule is CC(C)c1ccccc1[C@@H]1CN(CC2Oc3ccccc3OC2(C)C)CCN1. The molecule has 0 saturated carbocycles. The van der Waals surface area contributed by atoms with E-state index >= 15 is 0 Å². The summed E-state index contributed by atoms with van der Waals surface area (Å²) in [5.41, 5.74) is 2.51. The molecule has 0 amide bonds. The Bertz CT molecular complexity index is 818. The fraction of sp³-hybridized carbons (Fsp3) is 0.500. The number of ether oxygens (including phenoxy) is 2. The van der Waals surface area contributed by atoms with Gasteiger partial charge in [-0.25, -0.2) is 0 Å². The number of piperazine rings is 1. The highest BCUT2D eigenvalue weighted by atomic mass is 16.6. The standard InChI is InChI=1S/C24H32N2O2/c1-17(2)18-9-5-6-10-19(18)20-15-26(14-13-25-20)16-23-24(3,4)28-22-12-8-7-11-21(22)27-23/h5-12,17,20,23,25H,13-16H2,1-4H3/t20-,23?/m0/s1. The summed E-state index contributed by atoms with van der Waals surface area (Å²) in [5.74, 6) is 2.22. The second kappa shape index (κ2) is 7.76. The van der Waals surface area contributed by atoms with Crippen molar-refractivity contribution in [3.05, 3.63) is 59.7 Å². The van der Waals surface area contributed by atoms with Gasteiger partial charge < -0.3 is 14.8 Å². The van der Waals surface area contributed by atoms with Gasteiger partial charge >= 0.3 is 0 Å². The number of fused-ring (bicyclic) bond motifs is 1. The zero-order valence-electron chi connectivity index (χ0n) is 17.4. The molecule has 4 nitrogen and oxygen atoms in total. The Balaban J connectivity index is 1.49. The number of nitrogens with zero attached hydrogens (tertiary/aromatic N) is 1. The van der Waals surface area contributed by atoms with E-state index in [1.165, 1.54) is 11.1 Å². The maximum absolute atomic E-state index is 6.37. The van der Waals surface area contributed by atoms with Gasteiger partial charge in [0.25, 0.3) is 0 Å². The van der Waals surface area contributed by atoms with Gasteiger partial charge in [-0.1, -0.05) is 50.2 Å². The lowest BCUT2D eigenvalue weighted by molar-refractivity contribution is -0.0585.